The highest BCUT2D eigenvalue weighted by molar-refractivity contribution is 5.86. The smallest absolute Gasteiger partial charge is 0.226 e. The van der Waals surface area contributed by atoms with E-state index in [4.69, 9.17) is 4.98 Å². The normalized spacial score (nSPS) is 25.6. The summed E-state index contributed by atoms with van der Waals surface area (Å²) in [4.78, 5) is 13.3. The van der Waals surface area contributed by atoms with E-state index in [-0.39, 0.29) is 6.10 Å². The highest BCUT2D eigenvalue weighted by Gasteiger charge is 2.44. The predicted octanol–water partition coefficient (Wildman–Crippen LogP) is 2.26. The van der Waals surface area contributed by atoms with E-state index < -0.39 is 5.72 Å². The summed E-state index contributed by atoms with van der Waals surface area (Å²) in [5.74, 6) is 0.640. The van der Waals surface area contributed by atoms with Gasteiger partial charge in [0, 0.05) is 37.8 Å². The molecule has 0 radical (unpaired) electrons. The zero-order valence-electron chi connectivity index (χ0n) is 15.7. The molecule has 6 nitrogen and oxygen atoms in total. The maximum atomic E-state index is 11.1. The Bertz CT molecular complexity index is 1010. The quantitative estimate of drug-likeness (QED) is 0.731. The number of nitrogens with zero attached hydrogens (tertiary/aromatic N) is 4. The molecule has 0 spiro atoms. The fourth-order valence-corrected chi connectivity index (χ4v) is 4.34. The van der Waals surface area contributed by atoms with Crippen LogP contribution >= 0.6 is 0 Å². The van der Waals surface area contributed by atoms with Gasteiger partial charge in [0.2, 0.25) is 5.95 Å². The van der Waals surface area contributed by atoms with Crippen LogP contribution in [0.25, 0.3) is 22.0 Å². The van der Waals surface area contributed by atoms with E-state index in [0.29, 0.717) is 32.0 Å². The molecule has 2 aromatic carbocycles. The lowest BCUT2D eigenvalue weighted by atomic mass is 10.1. The van der Waals surface area contributed by atoms with Crippen molar-refractivity contribution in [3.05, 3.63) is 54.7 Å². The van der Waals surface area contributed by atoms with Crippen LogP contribution in [0.2, 0.25) is 0 Å². The Labute approximate surface area is 164 Å². The lowest BCUT2D eigenvalue weighted by Crippen LogP contribution is -2.50. The molecule has 2 aliphatic heterocycles. The summed E-state index contributed by atoms with van der Waals surface area (Å²) in [6.07, 6.45) is 2.79. The van der Waals surface area contributed by atoms with E-state index >= 15 is 0 Å². The van der Waals surface area contributed by atoms with Crippen LogP contribution in [0, 0.1) is 0 Å². The average molecular weight is 376 g/mol. The van der Waals surface area contributed by atoms with Gasteiger partial charge in [-0.1, -0.05) is 36.4 Å². The molecule has 0 aliphatic carbocycles. The van der Waals surface area contributed by atoms with Crippen LogP contribution < -0.4 is 4.90 Å². The molecule has 2 fully saturated rings. The molecule has 2 saturated heterocycles. The summed E-state index contributed by atoms with van der Waals surface area (Å²) in [5, 5.41) is 23.3. The Hall–Kier alpha value is -2.54. The molecule has 0 saturated carbocycles. The molecule has 5 rings (SSSR count). The third-order valence-electron chi connectivity index (χ3n) is 5.95. The van der Waals surface area contributed by atoms with Crippen molar-refractivity contribution in [1.82, 2.24) is 14.9 Å². The van der Waals surface area contributed by atoms with Gasteiger partial charge in [-0.15, -0.1) is 0 Å². The second-order valence-corrected chi connectivity index (χ2v) is 7.85. The lowest BCUT2D eigenvalue weighted by Gasteiger charge is -2.33. The van der Waals surface area contributed by atoms with Crippen LogP contribution in [0.1, 0.15) is 12.8 Å². The fraction of sp³-hybridized carbons (Fsp3) is 0.364. The molecule has 2 atom stereocenters. The minimum atomic E-state index is -0.917. The Balaban J connectivity index is 1.40. The number of β-amino-alcohol motifs (C(OH)–C–C–N with tert-alkyl or cyclic N) is 2. The van der Waals surface area contributed by atoms with Crippen molar-refractivity contribution in [1.29, 1.82) is 0 Å². The van der Waals surface area contributed by atoms with Crippen molar-refractivity contribution >= 4 is 16.7 Å². The van der Waals surface area contributed by atoms with Crippen molar-refractivity contribution in [3.8, 4) is 11.3 Å². The van der Waals surface area contributed by atoms with E-state index in [0.717, 1.165) is 24.2 Å². The van der Waals surface area contributed by atoms with Crippen molar-refractivity contribution < 1.29 is 10.2 Å². The summed E-state index contributed by atoms with van der Waals surface area (Å²) in [6.45, 7) is 2.41. The van der Waals surface area contributed by atoms with Gasteiger partial charge in [-0.3, -0.25) is 4.90 Å². The standard InChI is InChI=1S/C22H24N4O2/c27-19-8-11-26(14-19)22(28)9-12-25(15-22)21-23-10-7-20(24-21)18-6-5-16-3-1-2-4-17(16)13-18/h1-7,10,13,19,27-28H,8-9,11-12,14-15H2/t19-,22-/m1/s1. The van der Waals surface area contributed by atoms with Crippen LogP contribution in [-0.4, -0.2) is 63.1 Å². The number of aromatic nitrogens is 2. The van der Waals surface area contributed by atoms with Crippen LogP contribution in [0.3, 0.4) is 0 Å². The highest BCUT2D eigenvalue weighted by atomic mass is 16.3. The fourth-order valence-electron chi connectivity index (χ4n) is 4.34. The number of rotatable bonds is 3. The van der Waals surface area contributed by atoms with Gasteiger partial charge in [0.15, 0.2) is 0 Å². The summed E-state index contributed by atoms with van der Waals surface area (Å²) < 4.78 is 0. The Morgan fingerprint density at radius 1 is 1.04 bits per heavy atom. The van der Waals surface area contributed by atoms with E-state index in [1.54, 1.807) is 6.20 Å². The van der Waals surface area contributed by atoms with E-state index in [1.807, 2.05) is 28.0 Å². The zero-order chi connectivity index (χ0) is 19.1. The van der Waals surface area contributed by atoms with Gasteiger partial charge in [-0.2, -0.15) is 0 Å². The zero-order valence-corrected chi connectivity index (χ0v) is 15.7. The first-order chi connectivity index (χ1) is 13.6. The van der Waals surface area contributed by atoms with Gasteiger partial charge in [0.25, 0.3) is 0 Å². The predicted molar refractivity (Wildman–Crippen MR) is 109 cm³/mol. The van der Waals surface area contributed by atoms with Crippen LogP contribution in [0.4, 0.5) is 5.95 Å². The van der Waals surface area contributed by atoms with Crippen molar-refractivity contribution in [2.24, 2.45) is 0 Å². The number of likely N-dealkylation sites (tertiary alicyclic amines) is 1. The van der Waals surface area contributed by atoms with Crippen LogP contribution in [0.15, 0.2) is 54.7 Å². The molecule has 0 amide bonds. The molecule has 2 N–H and O–H groups in total. The number of hydrogen-bond donors (Lipinski definition) is 2. The van der Waals surface area contributed by atoms with Gasteiger partial charge >= 0.3 is 0 Å². The van der Waals surface area contributed by atoms with Crippen molar-refractivity contribution in [3.63, 3.8) is 0 Å². The number of aliphatic hydroxyl groups is 2. The Kier molecular flexibility index (Phi) is 4.27. The molecule has 3 aromatic rings. The Morgan fingerprint density at radius 3 is 2.71 bits per heavy atom. The van der Waals surface area contributed by atoms with E-state index in [1.165, 1.54) is 10.8 Å². The minimum Gasteiger partial charge on any atom is -0.392 e. The SMILES string of the molecule is O[C@@H]1CCN([C@@]2(O)CCN(c3nccc(-c4ccc5ccccc5c4)n3)C2)C1. The molecule has 2 aliphatic rings. The van der Waals surface area contributed by atoms with Gasteiger partial charge in [-0.25, -0.2) is 9.97 Å². The molecule has 6 heteroatoms. The van der Waals surface area contributed by atoms with Crippen molar-refractivity contribution in [2.75, 3.05) is 31.1 Å². The highest BCUT2D eigenvalue weighted by Crippen LogP contribution is 2.31. The molecule has 144 valence electrons. The van der Waals surface area contributed by atoms with Gasteiger partial charge < -0.3 is 15.1 Å². The van der Waals surface area contributed by atoms with Crippen molar-refractivity contribution in [2.45, 2.75) is 24.7 Å². The second kappa shape index (κ2) is 6.81. The lowest BCUT2D eigenvalue weighted by molar-refractivity contribution is -0.0826. The maximum Gasteiger partial charge on any atom is 0.226 e. The molecule has 0 bridgehead atoms. The topological polar surface area (TPSA) is 72.7 Å². The monoisotopic (exact) mass is 376 g/mol. The first-order valence-corrected chi connectivity index (χ1v) is 9.83. The summed E-state index contributed by atoms with van der Waals surface area (Å²) in [7, 11) is 0. The molecule has 3 heterocycles. The second-order valence-electron chi connectivity index (χ2n) is 7.85. The average Bonchev–Trinajstić information content (AvgIpc) is 3.35. The number of anilines is 1. The van der Waals surface area contributed by atoms with Gasteiger partial charge in [0.1, 0.15) is 5.72 Å². The van der Waals surface area contributed by atoms with E-state index in [9.17, 15) is 10.2 Å². The first-order valence-electron chi connectivity index (χ1n) is 9.83. The molecule has 0 unspecified atom stereocenters. The number of aliphatic hydroxyl groups excluding tert-OH is 1. The number of hydrogen-bond acceptors (Lipinski definition) is 6. The van der Waals surface area contributed by atoms with Crippen LogP contribution in [0.5, 0.6) is 0 Å². The molecular formula is C22H24N4O2. The summed E-state index contributed by atoms with van der Waals surface area (Å²) >= 11 is 0. The molecule has 1 aromatic heterocycles. The Morgan fingerprint density at radius 2 is 1.89 bits per heavy atom. The molecule has 28 heavy (non-hydrogen) atoms. The maximum absolute atomic E-state index is 11.1. The summed E-state index contributed by atoms with van der Waals surface area (Å²) in [6, 6.07) is 16.5. The first kappa shape index (κ1) is 17.6. The number of fused-ring (bicyclic) bond motifs is 1. The largest absolute Gasteiger partial charge is 0.392 e. The van der Waals surface area contributed by atoms with Gasteiger partial charge in [-0.05, 0) is 29.3 Å². The van der Waals surface area contributed by atoms with Gasteiger partial charge in [0.05, 0.1) is 18.3 Å². The summed E-state index contributed by atoms with van der Waals surface area (Å²) in [5.41, 5.74) is 1.02. The third-order valence-corrected chi connectivity index (χ3v) is 5.95. The molecular weight excluding hydrogens is 352 g/mol. The third kappa shape index (κ3) is 3.13. The minimum absolute atomic E-state index is 0.342. The van der Waals surface area contributed by atoms with Crippen LogP contribution in [-0.2, 0) is 0 Å². The van der Waals surface area contributed by atoms with E-state index in [2.05, 4.69) is 35.3 Å². The number of benzene rings is 2.